The number of nitrogens with zero attached hydrogens (tertiary/aromatic N) is 2. The zero-order chi connectivity index (χ0) is 43.9. The van der Waals surface area contributed by atoms with Crippen molar-refractivity contribution < 1.29 is 4.42 Å². The normalized spacial score (nSPS) is 12.8. The van der Waals surface area contributed by atoms with Gasteiger partial charge in [0.15, 0.2) is 0 Å². The van der Waals surface area contributed by atoms with E-state index in [4.69, 9.17) is 4.42 Å². The Balaban J connectivity index is 0.962. The van der Waals surface area contributed by atoms with Gasteiger partial charge in [-0.1, -0.05) is 184 Å². The molecule has 0 unspecified atom stereocenters. The number of rotatable bonds is 7. The summed E-state index contributed by atoms with van der Waals surface area (Å²) in [6.45, 7) is 4.74. The van der Waals surface area contributed by atoms with Crippen molar-refractivity contribution in [3.63, 3.8) is 0 Å². The van der Waals surface area contributed by atoms with Gasteiger partial charge in [-0.15, -0.1) is 0 Å². The number of para-hydroxylation sites is 4. The minimum Gasteiger partial charge on any atom is -0.455 e. The highest BCUT2D eigenvalue weighted by atomic mass is 16.3. The second kappa shape index (κ2) is 14.8. The summed E-state index contributed by atoms with van der Waals surface area (Å²) in [6, 6.07) is 83.7. The monoisotopic (exact) mass is 844 g/mol. The van der Waals surface area contributed by atoms with Crippen LogP contribution in [0, 0.1) is 0 Å². The van der Waals surface area contributed by atoms with Crippen LogP contribution in [0.3, 0.4) is 0 Å². The Labute approximate surface area is 384 Å². The Morgan fingerprint density at radius 3 is 1.55 bits per heavy atom. The number of hydrogen-bond donors (Lipinski definition) is 0. The van der Waals surface area contributed by atoms with Crippen LogP contribution in [0.4, 0.5) is 17.1 Å². The molecule has 0 amide bonds. The molecule has 2 aromatic heterocycles. The molecule has 0 saturated heterocycles. The Hall–Kier alpha value is -8.40. The van der Waals surface area contributed by atoms with Gasteiger partial charge >= 0.3 is 0 Å². The van der Waals surface area contributed by atoms with Gasteiger partial charge in [0, 0.05) is 60.8 Å². The van der Waals surface area contributed by atoms with Crippen molar-refractivity contribution in [2.45, 2.75) is 19.3 Å². The van der Waals surface area contributed by atoms with Crippen LogP contribution in [-0.2, 0) is 5.41 Å². The molecule has 1 aliphatic carbocycles. The maximum Gasteiger partial charge on any atom is 0.143 e. The van der Waals surface area contributed by atoms with Crippen LogP contribution in [0.1, 0.15) is 25.0 Å². The Morgan fingerprint density at radius 1 is 0.348 bits per heavy atom. The first-order valence-corrected chi connectivity index (χ1v) is 22.8. The third-order valence-electron chi connectivity index (χ3n) is 14.0. The molecule has 1 aliphatic rings. The SMILES string of the molecule is CC1(C)c2ccc(-c3ccccc3)cc2-c2ccc(N(c3ccc(-c4cccc5c4oc4c(-c6ccccc6)cccc45)cc3)c3cccc(-n4c5ccccc5c5ccccc54)c3)cc21. The molecule has 312 valence electrons. The molecule has 0 atom stereocenters. The van der Waals surface area contributed by atoms with E-state index in [2.05, 4.69) is 254 Å². The van der Waals surface area contributed by atoms with Gasteiger partial charge in [0.2, 0.25) is 0 Å². The van der Waals surface area contributed by atoms with E-state index in [1.54, 1.807) is 0 Å². The van der Waals surface area contributed by atoms with Crippen LogP contribution in [0.15, 0.2) is 235 Å². The number of benzene rings is 10. The first-order valence-electron chi connectivity index (χ1n) is 22.8. The summed E-state index contributed by atoms with van der Waals surface area (Å²) in [5, 5.41) is 4.73. The quantitative estimate of drug-likeness (QED) is 0.159. The third kappa shape index (κ3) is 5.90. The zero-order valence-corrected chi connectivity index (χ0v) is 36.7. The summed E-state index contributed by atoms with van der Waals surface area (Å²) in [7, 11) is 0. The van der Waals surface area contributed by atoms with Crippen LogP contribution in [-0.4, -0.2) is 4.57 Å². The lowest BCUT2D eigenvalue weighted by atomic mass is 9.82. The van der Waals surface area contributed by atoms with Gasteiger partial charge < -0.3 is 13.9 Å². The Bertz CT molecular complexity index is 3780. The Kier molecular flexibility index (Phi) is 8.56. The third-order valence-corrected chi connectivity index (χ3v) is 14.0. The average Bonchev–Trinajstić information content (AvgIpc) is 4.00. The molecule has 2 heterocycles. The van der Waals surface area contributed by atoms with Crippen LogP contribution < -0.4 is 4.90 Å². The van der Waals surface area contributed by atoms with Gasteiger partial charge in [-0.25, -0.2) is 0 Å². The summed E-state index contributed by atoms with van der Waals surface area (Å²) in [5.74, 6) is 0. The van der Waals surface area contributed by atoms with Gasteiger partial charge in [0.25, 0.3) is 0 Å². The smallest absolute Gasteiger partial charge is 0.143 e. The summed E-state index contributed by atoms with van der Waals surface area (Å²) in [6.07, 6.45) is 0. The zero-order valence-electron chi connectivity index (χ0n) is 36.7. The molecule has 66 heavy (non-hydrogen) atoms. The lowest BCUT2D eigenvalue weighted by Crippen LogP contribution is -2.16. The standard InChI is InChI=1S/C63H44N2O/c1-63(2)57-37-32-44(41-16-5-3-6-17-41)38-56(57)51-36-35-48(40-58(51)63)64(46-20-13-21-47(39-46)65-59-28-11-9-22-52(59)53-23-10-12-29-60(53)65)45-33-30-43(31-34-45)50-25-15-27-55-54-26-14-24-49(61(54)66-62(50)55)42-18-7-4-8-19-42/h3-40H,1-2H3. The minimum absolute atomic E-state index is 0.193. The molecule has 0 N–H and O–H groups in total. The largest absolute Gasteiger partial charge is 0.455 e. The fraction of sp³-hybridized carbons (Fsp3) is 0.0476. The van der Waals surface area contributed by atoms with Crippen molar-refractivity contribution in [3.05, 3.63) is 242 Å². The summed E-state index contributed by atoms with van der Waals surface area (Å²) in [5.41, 5.74) is 20.5. The second-order valence-electron chi connectivity index (χ2n) is 18.1. The number of fused-ring (bicyclic) bond motifs is 9. The van der Waals surface area contributed by atoms with Crippen molar-refractivity contribution in [3.8, 4) is 50.2 Å². The van der Waals surface area contributed by atoms with E-state index < -0.39 is 0 Å². The lowest BCUT2D eigenvalue weighted by molar-refractivity contribution is 0.660. The van der Waals surface area contributed by atoms with Crippen LogP contribution in [0.2, 0.25) is 0 Å². The first kappa shape index (κ1) is 38.1. The van der Waals surface area contributed by atoms with E-state index in [0.717, 1.165) is 66.9 Å². The molecule has 0 spiro atoms. The highest BCUT2D eigenvalue weighted by Crippen LogP contribution is 2.52. The van der Waals surface area contributed by atoms with Gasteiger partial charge in [0.1, 0.15) is 11.2 Å². The molecule has 3 heteroatoms. The molecule has 10 aromatic carbocycles. The first-order chi connectivity index (χ1) is 32.5. The molecule has 0 bridgehead atoms. The summed E-state index contributed by atoms with van der Waals surface area (Å²) in [4.78, 5) is 2.42. The highest BCUT2D eigenvalue weighted by Gasteiger charge is 2.36. The summed E-state index contributed by atoms with van der Waals surface area (Å²) < 4.78 is 9.26. The summed E-state index contributed by atoms with van der Waals surface area (Å²) >= 11 is 0. The molecule has 3 nitrogen and oxygen atoms in total. The second-order valence-corrected chi connectivity index (χ2v) is 18.1. The van der Waals surface area contributed by atoms with Gasteiger partial charge in [-0.3, -0.25) is 0 Å². The topological polar surface area (TPSA) is 21.3 Å². The van der Waals surface area contributed by atoms with Crippen molar-refractivity contribution in [1.82, 2.24) is 4.57 Å². The van der Waals surface area contributed by atoms with Crippen molar-refractivity contribution >= 4 is 60.8 Å². The van der Waals surface area contributed by atoms with Crippen LogP contribution in [0.5, 0.6) is 0 Å². The van der Waals surface area contributed by atoms with Crippen molar-refractivity contribution in [1.29, 1.82) is 0 Å². The van der Waals surface area contributed by atoms with E-state index in [0.29, 0.717) is 0 Å². The van der Waals surface area contributed by atoms with E-state index in [-0.39, 0.29) is 5.41 Å². The molecule has 0 fully saturated rings. The molecular weight excluding hydrogens is 801 g/mol. The highest BCUT2D eigenvalue weighted by molar-refractivity contribution is 6.13. The number of anilines is 3. The average molecular weight is 845 g/mol. The van der Waals surface area contributed by atoms with E-state index in [1.807, 2.05) is 0 Å². The predicted octanol–water partition coefficient (Wildman–Crippen LogP) is 17.5. The number of hydrogen-bond acceptors (Lipinski definition) is 2. The fourth-order valence-electron chi connectivity index (χ4n) is 10.8. The van der Waals surface area contributed by atoms with E-state index >= 15 is 0 Å². The molecule has 13 rings (SSSR count). The minimum atomic E-state index is -0.193. The van der Waals surface area contributed by atoms with E-state index in [9.17, 15) is 0 Å². The van der Waals surface area contributed by atoms with Crippen LogP contribution >= 0.6 is 0 Å². The lowest BCUT2D eigenvalue weighted by Gasteiger charge is -2.28. The molecular formula is C63H44N2O. The van der Waals surface area contributed by atoms with E-state index in [1.165, 1.54) is 55.2 Å². The van der Waals surface area contributed by atoms with Gasteiger partial charge in [-0.05, 0) is 105 Å². The fourth-order valence-corrected chi connectivity index (χ4v) is 10.8. The number of furan rings is 1. The molecule has 0 radical (unpaired) electrons. The maximum atomic E-state index is 6.86. The molecule has 12 aromatic rings. The van der Waals surface area contributed by atoms with Crippen molar-refractivity contribution in [2.75, 3.05) is 4.90 Å². The van der Waals surface area contributed by atoms with Gasteiger partial charge in [-0.2, -0.15) is 0 Å². The van der Waals surface area contributed by atoms with Crippen LogP contribution in [0.25, 0.3) is 93.9 Å². The maximum absolute atomic E-state index is 6.86. The number of aromatic nitrogens is 1. The van der Waals surface area contributed by atoms with Gasteiger partial charge in [0.05, 0.1) is 11.0 Å². The molecule has 0 saturated carbocycles. The molecule has 0 aliphatic heterocycles. The predicted molar refractivity (Wildman–Crippen MR) is 277 cm³/mol. The Morgan fingerprint density at radius 2 is 0.879 bits per heavy atom. The van der Waals surface area contributed by atoms with Crippen molar-refractivity contribution in [2.24, 2.45) is 0 Å².